The highest BCUT2D eigenvalue weighted by atomic mass is 35.5. The topological polar surface area (TPSA) is 43.8 Å². The summed E-state index contributed by atoms with van der Waals surface area (Å²) in [4.78, 5) is 1.15. The Kier molecular flexibility index (Phi) is 2.34. The van der Waals surface area contributed by atoms with Crippen molar-refractivity contribution in [2.24, 2.45) is 7.05 Å². The summed E-state index contributed by atoms with van der Waals surface area (Å²) < 4.78 is 2.97. The molecule has 2 N–H and O–H groups in total. The van der Waals surface area contributed by atoms with Gasteiger partial charge < -0.3 is 5.73 Å². The van der Waals surface area contributed by atoms with Gasteiger partial charge in [-0.25, -0.2) is 0 Å². The predicted molar refractivity (Wildman–Crippen MR) is 73.4 cm³/mol. The quantitative estimate of drug-likeness (QED) is 0.730. The Morgan fingerprint density at radius 3 is 2.82 bits per heavy atom. The molecule has 0 radical (unpaired) electrons. The molecule has 2 heterocycles. The molecular formula is C12H10ClN3S. The van der Waals surface area contributed by atoms with Gasteiger partial charge in [-0.3, -0.25) is 4.68 Å². The molecule has 0 atom stereocenters. The van der Waals surface area contributed by atoms with Crippen molar-refractivity contribution in [3.63, 3.8) is 0 Å². The van der Waals surface area contributed by atoms with Crippen molar-refractivity contribution in [1.82, 2.24) is 9.78 Å². The van der Waals surface area contributed by atoms with Crippen molar-refractivity contribution in [1.29, 1.82) is 0 Å². The predicted octanol–water partition coefficient (Wildman–Crippen LogP) is 3.54. The summed E-state index contributed by atoms with van der Waals surface area (Å²) >= 11 is 7.67. The number of anilines is 1. The number of nitrogens with zero attached hydrogens (tertiary/aromatic N) is 2. The molecule has 0 spiro atoms. The minimum absolute atomic E-state index is 0.540. The summed E-state index contributed by atoms with van der Waals surface area (Å²) in [5, 5.41) is 6.10. The van der Waals surface area contributed by atoms with Crippen LogP contribution in [0.4, 0.5) is 5.82 Å². The highest BCUT2D eigenvalue weighted by Crippen LogP contribution is 2.35. The van der Waals surface area contributed by atoms with E-state index in [1.165, 1.54) is 10.1 Å². The molecule has 0 saturated carbocycles. The number of rotatable bonds is 1. The van der Waals surface area contributed by atoms with E-state index in [2.05, 4.69) is 11.2 Å². The first-order valence-electron chi connectivity index (χ1n) is 5.12. The van der Waals surface area contributed by atoms with E-state index in [9.17, 15) is 0 Å². The van der Waals surface area contributed by atoms with Crippen LogP contribution in [0, 0.1) is 0 Å². The average Bonchev–Trinajstić information content (AvgIpc) is 2.80. The van der Waals surface area contributed by atoms with Gasteiger partial charge in [0.1, 0.15) is 5.82 Å². The lowest BCUT2D eigenvalue weighted by Crippen LogP contribution is -1.93. The van der Waals surface area contributed by atoms with E-state index in [4.69, 9.17) is 17.3 Å². The zero-order valence-electron chi connectivity index (χ0n) is 9.14. The van der Waals surface area contributed by atoms with Crippen LogP contribution in [0.5, 0.6) is 0 Å². The van der Waals surface area contributed by atoms with Gasteiger partial charge >= 0.3 is 0 Å². The van der Waals surface area contributed by atoms with Crippen LogP contribution in [0.3, 0.4) is 0 Å². The van der Waals surface area contributed by atoms with E-state index in [0.717, 1.165) is 15.6 Å². The normalized spacial score (nSPS) is 11.2. The Balaban J connectivity index is 2.21. The van der Waals surface area contributed by atoms with Gasteiger partial charge in [-0.05, 0) is 23.6 Å². The lowest BCUT2D eigenvalue weighted by atomic mass is 10.2. The Morgan fingerprint density at radius 2 is 2.12 bits per heavy atom. The van der Waals surface area contributed by atoms with Crippen molar-refractivity contribution in [3.05, 3.63) is 35.4 Å². The van der Waals surface area contributed by atoms with Crippen molar-refractivity contribution >= 4 is 38.8 Å². The first-order valence-corrected chi connectivity index (χ1v) is 6.32. The molecule has 3 nitrogen and oxygen atoms in total. The summed E-state index contributed by atoms with van der Waals surface area (Å²) in [5.74, 6) is 0.540. The van der Waals surface area contributed by atoms with Crippen LogP contribution in [0.25, 0.3) is 20.7 Å². The molecular weight excluding hydrogens is 254 g/mol. The second-order valence-electron chi connectivity index (χ2n) is 3.87. The summed E-state index contributed by atoms with van der Waals surface area (Å²) in [6, 6.07) is 9.92. The number of hydrogen-bond acceptors (Lipinski definition) is 3. The lowest BCUT2D eigenvalue weighted by Gasteiger charge is -1.95. The second-order valence-corrected chi connectivity index (χ2v) is 5.39. The molecule has 3 rings (SSSR count). The Bertz CT molecular complexity index is 699. The molecule has 0 bridgehead atoms. The van der Waals surface area contributed by atoms with Crippen LogP contribution in [0.2, 0.25) is 5.02 Å². The number of aromatic nitrogens is 2. The number of thiophene rings is 1. The molecule has 0 aliphatic rings. The fourth-order valence-electron chi connectivity index (χ4n) is 1.85. The Morgan fingerprint density at radius 1 is 1.29 bits per heavy atom. The average molecular weight is 264 g/mol. The zero-order valence-corrected chi connectivity index (χ0v) is 10.7. The summed E-state index contributed by atoms with van der Waals surface area (Å²) in [5.41, 5.74) is 6.71. The Labute approximate surface area is 107 Å². The third-order valence-corrected chi connectivity index (χ3v) is 3.99. The SMILES string of the molecule is Cn1nc(N)cc1-c1cc2ccc(Cl)cc2s1. The highest BCUT2D eigenvalue weighted by molar-refractivity contribution is 7.22. The monoisotopic (exact) mass is 263 g/mol. The molecule has 0 amide bonds. The van der Waals surface area contributed by atoms with Gasteiger partial charge in [0.25, 0.3) is 0 Å². The van der Waals surface area contributed by atoms with Gasteiger partial charge in [0.05, 0.1) is 10.6 Å². The number of fused-ring (bicyclic) bond motifs is 1. The van der Waals surface area contributed by atoms with Crippen LogP contribution in [0.1, 0.15) is 0 Å². The van der Waals surface area contributed by atoms with E-state index in [1.807, 2.05) is 31.3 Å². The molecule has 3 aromatic rings. The number of benzene rings is 1. The standard InChI is InChI=1S/C12H10ClN3S/c1-16-9(6-12(14)15-16)11-4-7-2-3-8(13)5-10(7)17-11/h2-6H,1H3,(H2,14,15). The first kappa shape index (κ1) is 10.6. The molecule has 5 heteroatoms. The van der Waals surface area contributed by atoms with E-state index < -0.39 is 0 Å². The molecule has 17 heavy (non-hydrogen) atoms. The van der Waals surface area contributed by atoms with E-state index in [0.29, 0.717) is 5.82 Å². The minimum Gasteiger partial charge on any atom is -0.382 e. The molecule has 2 aromatic heterocycles. The fraction of sp³-hybridized carbons (Fsp3) is 0.0833. The summed E-state index contributed by atoms with van der Waals surface area (Å²) in [6.07, 6.45) is 0. The van der Waals surface area contributed by atoms with Gasteiger partial charge in [0.15, 0.2) is 0 Å². The number of halogens is 1. The van der Waals surface area contributed by atoms with Crippen molar-refractivity contribution in [2.45, 2.75) is 0 Å². The third kappa shape index (κ3) is 1.79. The van der Waals surface area contributed by atoms with Crippen LogP contribution < -0.4 is 5.73 Å². The smallest absolute Gasteiger partial charge is 0.146 e. The van der Waals surface area contributed by atoms with Crippen molar-refractivity contribution in [2.75, 3.05) is 5.73 Å². The first-order chi connectivity index (χ1) is 8.13. The molecule has 0 fully saturated rings. The summed E-state index contributed by atoms with van der Waals surface area (Å²) in [7, 11) is 1.89. The van der Waals surface area contributed by atoms with Crippen LogP contribution in [-0.4, -0.2) is 9.78 Å². The van der Waals surface area contributed by atoms with Gasteiger partial charge in [-0.1, -0.05) is 17.7 Å². The van der Waals surface area contributed by atoms with Crippen LogP contribution >= 0.6 is 22.9 Å². The number of aryl methyl sites for hydroxylation is 1. The Hall–Kier alpha value is -1.52. The third-order valence-electron chi connectivity index (χ3n) is 2.63. The molecule has 1 aromatic carbocycles. The zero-order chi connectivity index (χ0) is 12.0. The van der Waals surface area contributed by atoms with E-state index in [-0.39, 0.29) is 0 Å². The molecule has 0 saturated heterocycles. The minimum atomic E-state index is 0.540. The van der Waals surface area contributed by atoms with Gasteiger partial charge in [0, 0.05) is 22.8 Å². The molecule has 0 aliphatic heterocycles. The molecule has 0 aliphatic carbocycles. The van der Waals surface area contributed by atoms with Gasteiger partial charge in [-0.15, -0.1) is 11.3 Å². The summed E-state index contributed by atoms with van der Waals surface area (Å²) in [6.45, 7) is 0. The van der Waals surface area contributed by atoms with Crippen molar-refractivity contribution < 1.29 is 0 Å². The molecule has 86 valence electrons. The number of hydrogen-bond donors (Lipinski definition) is 1. The largest absolute Gasteiger partial charge is 0.382 e. The van der Waals surface area contributed by atoms with Gasteiger partial charge in [0.2, 0.25) is 0 Å². The van der Waals surface area contributed by atoms with E-state index in [1.54, 1.807) is 16.0 Å². The van der Waals surface area contributed by atoms with Crippen LogP contribution in [0.15, 0.2) is 30.3 Å². The maximum Gasteiger partial charge on any atom is 0.146 e. The second kappa shape index (κ2) is 3.75. The lowest BCUT2D eigenvalue weighted by molar-refractivity contribution is 0.782. The maximum atomic E-state index is 5.98. The van der Waals surface area contributed by atoms with Gasteiger partial charge in [-0.2, -0.15) is 5.10 Å². The van der Waals surface area contributed by atoms with Crippen molar-refractivity contribution in [3.8, 4) is 10.6 Å². The van der Waals surface area contributed by atoms with Crippen LogP contribution in [-0.2, 0) is 7.05 Å². The number of nitrogen functional groups attached to an aromatic ring is 1. The fourth-order valence-corrected chi connectivity index (χ4v) is 3.24. The molecule has 0 unspecified atom stereocenters. The maximum absolute atomic E-state index is 5.98. The van der Waals surface area contributed by atoms with E-state index >= 15 is 0 Å². The highest BCUT2D eigenvalue weighted by Gasteiger charge is 2.09. The number of nitrogens with two attached hydrogens (primary N) is 1.